The van der Waals surface area contributed by atoms with Crippen molar-refractivity contribution in [3.8, 4) is 0 Å². The molecule has 4 aliphatic rings. The molecule has 3 aliphatic carbocycles. The SMILES string of the molecule is C[C@]12C=CC(=O)N[C@@H]1CC[C@@H]1[C@@H]2CC[C@]2(C)[C@@H](/C=C/c3ccco3)CC[C@@H]12. The van der Waals surface area contributed by atoms with Gasteiger partial charge in [-0.05, 0) is 91.9 Å². The number of carbonyl (C=O) groups excluding carboxylic acids is 1. The number of allylic oxidation sites excluding steroid dienone is 1. The van der Waals surface area contributed by atoms with Gasteiger partial charge in [0.1, 0.15) is 5.76 Å². The van der Waals surface area contributed by atoms with Gasteiger partial charge in [0, 0.05) is 11.5 Å². The van der Waals surface area contributed by atoms with Gasteiger partial charge in [-0.3, -0.25) is 4.79 Å². The zero-order chi connectivity index (χ0) is 18.6. The molecular formula is C24H31NO2. The van der Waals surface area contributed by atoms with E-state index in [9.17, 15) is 4.79 Å². The standard InChI is InChI=1S/C24H31NO2/c1-23-13-11-20-18(8-10-21-24(20,2)14-12-22(26)25-21)19(23)9-6-16(23)5-7-17-4-3-15-27-17/h3-5,7,12,14-16,18-21H,6,8-11,13H2,1-2H3,(H,25,26)/b7-5+/t16-,18-,19-,20-,21+,23+,24+/m0/s1. The van der Waals surface area contributed by atoms with E-state index < -0.39 is 0 Å². The van der Waals surface area contributed by atoms with Crippen LogP contribution in [-0.2, 0) is 4.79 Å². The van der Waals surface area contributed by atoms with E-state index in [1.54, 1.807) is 12.3 Å². The lowest BCUT2D eigenvalue weighted by atomic mass is 9.48. The van der Waals surface area contributed by atoms with Crippen LogP contribution in [0.2, 0.25) is 0 Å². The second-order valence-electron chi connectivity index (χ2n) is 9.82. The Balaban J connectivity index is 1.40. The maximum Gasteiger partial charge on any atom is 0.243 e. The van der Waals surface area contributed by atoms with E-state index in [-0.39, 0.29) is 11.3 Å². The smallest absolute Gasteiger partial charge is 0.243 e. The minimum absolute atomic E-state index is 0.0977. The molecule has 0 saturated heterocycles. The lowest BCUT2D eigenvalue weighted by molar-refractivity contribution is -0.122. The summed E-state index contributed by atoms with van der Waals surface area (Å²) in [5.41, 5.74) is 0.551. The number of hydrogen-bond donors (Lipinski definition) is 1. The minimum atomic E-state index is 0.0977. The van der Waals surface area contributed by atoms with Gasteiger partial charge in [-0.25, -0.2) is 0 Å². The Bertz CT molecular complexity index is 778. The monoisotopic (exact) mass is 365 g/mol. The van der Waals surface area contributed by atoms with Gasteiger partial charge < -0.3 is 9.73 Å². The summed E-state index contributed by atoms with van der Waals surface area (Å²) in [6, 6.07) is 4.32. The normalized spacial score (nSPS) is 46.0. The zero-order valence-electron chi connectivity index (χ0n) is 16.5. The molecule has 5 rings (SSSR count). The van der Waals surface area contributed by atoms with Gasteiger partial charge in [0.2, 0.25) is 5.91 Å². The van der Waals surface area contributed by atoms with Crippen molar-refractivity contribution in [2.24, 2.45) is 34.5 Å². The fraction of sp³-hybridized carbons (Fsp3) is 0.625. The summed E-state index contributed by atoms with van der Waals surface area (Å²) in [7, 11) is 0. The van der Waals surface area contributed by atoms with Crippen LogP contribution in [0.5, 0.6) is 0 Å². The summed E-state index contributed by atoms with van der Waals surface area (Å²) in [5.74, 6) is 4.03. The van der Waals surface area contributed by atoms with Crippen molar-refractivity contribution in [2.75, 3.05) is 0 Å². The summed E-state index contributed by atoms with van der Waals surface area (Å²) in [6.07, 6.45) is 18.0. The number of furan rings is 1. The zero-order valence-corrected chi connectivity index (χ0v) is 16.5. The van der Waals surface area contributed by atoms with Gasteiger partial charge in [0.05, 0.1) is 6.26 Å². The van der Waals surface area contributed by atoms with Crippen molar-refractivity contribution in [3.05, 3.63) is 42.4 Å². The van der Waals surface area contributed by atoms with Crippen molar-refractivity contribution in [2.45, 2.75) is 58.4 Å². The number of rotatable bonds is 2. The molecule has 1 aliphatic heterocycles. The highest BCUT2D eigenvalue weighted by molar-refractivity contribution is 5.89. The molecule has 2 heterocycles. The molecule has 3 nitrogen and oxygen atoms in total. The molecule has 3 saturated carbocycles. The Morgan fingerprint density at radius 3 is 2.85 bits per heavy atom. The third-order valence-corrected chi connectivity index (χ3v) is 8.80. The van der Waals surface area contributed by atoms with Gasteiger partial charge in [-0.1, -0.05) is 26.0 Å². The van der Waals surface area contributed by atoms with Crippen molar-refractivity contribution >= 4 is 12.0 Å². The van der Waals surface area contributed by atoms with Crippen LogP contribution in [0, 0.1) is 34.5 Å². The average molecular weight is 366 g/mol. The second kappa shape index (κ2) is 6.12. The number of amides is 1. The summed E-state index contributed by atoms with van der Waals surface area (Å²) in [5, 5.41) is 3.26. The number of nitrogens with one attached hydrogen (secondary N) is 1. The lowest BCUT2D eigenvalue weighted by Gasteiger charge is -2.58. The molecular weight excluding hydrogens is 334 g/mol. The van der Waals surface area contributed by atoms with Crippen molar-refractivity contribution in [1.82, 2.24) is 5.32 Å². The number of hydrogen-bond acceptors (Lipinski definition) is 2. The molecule has 0 radical (unpaired) electrons. The fourth-order valence-corrected chi connectivity index (χ4v) is 7.29. The van der Waals surface area contributed by atoms with Gasteiger partial charge in [-0.2, -0.15) is 0 Å². The van der Waals surface area contributed by atoms with Crippen LogP contribution >= 0.6 is 0 Å². The maximum absolute atomic E-state index is 11.9. The van der Waals surface area contributed by atoms with Crippen LogP contribution in [0.25, 0.3) is 6.08 Å². The van der Waals surface area contributed by atoms with Crippen LogP contribution in [-0.4, -0.2) is 11.9 Å². The Kier molecular flexibility index (Phi) is 3.93. The van der Waals surface area contributed by atoms with Crippen LogP contribution in [0.4, 0.5) is 0 Å². The molecule has 0 spiro atoms. The molecule has 1 aromatic rings. The molecule has 3 fully saturated rings. The van der Waals surface area contributed by atoms with Gasteiger partial charge in [-0.15, -0.1) is 0 Å². The predicted octanol–water partition coefficient (Wildman–Crippen LogP) is 5.21. The molecule has 144 valence electrons. The molecule has 1 amide bonds. The van der Waals surface area contributed by atoms with E-state index in [1.165, 1.54) is 32.1 Å². The molecule has 0 bridgehead atoms. The number of carbonyl (C=O) groups is 1. The van der Waals surface area contributed by atoms with E-state index in [4.69, 9.17) is 4.42 Å². The van der Waals surface area contributed by atoms with Gasteiger partial charge in [0.15, 0.2) is 0 Å². The summed E-state index contributed by atoms with van der Waals surface area (Å²) < 4.78 is 5.50. The van der Waals surface area contributed by atoms with E-state index in [0.29, 0.717) is 23.3 Å². The predicted molar refractivity (Wildman–Crippen MR) is 107 cm³/mol. The Morgan fingerprint density at radius 2 is 2.04 bits per heavy atom. The third-order valence-electron chi connectivity index (χ3n) is 8.80. The maximum atomic E-state index is 11.9. The van der Waals surface area contributed by atoms with Crippen LogP contribution in [0.15, 0.2) is 41.0 Å². The van der Waals surface area contributed by atoms with Crippen LogP contribution in [0.3, 0.4) is 0 Å². The molecule has 3 heteroatoms. The van der Waals surface area contributed by atoms with Crippen LogP contribution in [0.1, 0.15) is 58.1 Å². The highest BCUT2D eigenvalue weighted by Gasteiger charge is 2.59. The van der Waals surface area contributed by atoms with E-state index in [0.717, 1.165) is 24.0 Å². The van der Waals surface area contributed by atoms with Crippen LogP contribution < -0.4 is 5.32 Å². The average Bonchev–Trinajstić information content (AvgIpc) is 3.28. The lowest BCUT2D eigenvalue weighted by Crippen LogP contribution is -2.59. The highest BCUT2D eigenvalue weighted by Crippen LogP contribution is 2.65. The first-order valence-electron chi connectivity index (χ1n) is 10.7. The topological polar surface area (TPSA) is 42.2 Å². The molecule has 1 aromatic heterocycles. The van der Waals surface area contributed by atoms with Crippen molar-refractivity contribution < 1.29 is 9.21 Å². The largest absolute Gasteiger partial charge is 0.465 e. The summed E-state index contributed by atoms with van der Waals surface area (Å²) >= 11 is 0. The Hall–Kier alpha value is -1.77. The number of fused-ring (bicyclic) bond motifs is 5. The molecule has 1 N–H and O–H groups in total. The first-order valence-corrected chi connectivity index (χ1v) is 10.7. The minimum Gasteiger partial charge on any atom is -0.465 e. The van der Waals surface area contributed by atoms with E-state index >= 15 is 0 Å². The quantitative estimate of drug-likeness (QED) is 0.782. The summed E-state index contributed by atoms with van der Waals surface area (Å²) in [4.78, 5) is 11.9. The second-order valence-corrected chi connectivity index (χ2v) is 9.82. The Morgan fingerprint density at radius 1 is 1.15 bits per heavy atom. The molecule has 7 atom stereocenters. The Labute approximate surface area is 162 Å². The van der Waals surface area contributed by atoms with Crippen molar-refractivity contribution in [1.29, 1.82) is 0 Å². The first-order chi connectivity index (χ1) is 13.0. The third kappa shape index (κ3) is 2.57. The van der Waals surface area contributed by atoms with E-state index in [2.05, 4.69) is 37.4 Å². The van der Waals surface area contributed by atoms with E-state index in [1.807, 2.05) is 12.1 Å². The molecule has 0 unspecified atom stereocenters. The van der Waals surface area contributed by atoms with Gasteiger partial charge >= 0.3 is 0 Å². The first kappa shape index (κ1) is 17.3. The fourth-order valence-electron chi connectivity index (χ4n) is 7.29. The van der Waals surface area contributed by atoms with Gasteiger partial charge in [0.25, 0.3) is 0 Å². The van der Waals surface area contributed by atoms with Crippen molar-refractivity contribution in [3.63, 3.8) is 0 Å². The summed E-state index contributed by atoms with van der Waals surface area (Å²) in [6.45, 7) is 4.95. The highest BCUT2D eigenvalue weighted by atomic mass is 16.3. The molecule has 27 heavy (non-hydrogen) atoms. The molecule has 0 aromatic carbocycles.